The van der Waals surface area contributed by atoms with Gasteiger partial charge in [-0.1, -0.05) is 0 Å². The monoisotopic (exact) mass is 149 g/mol. The lowest BCUT2D eigenvalue weighted by Crippen LogP contribution is -2.18. The topological polar surface area (TPSA) is 51.2 Å². The van der Waals surface area contributed by atoms with Crippen molar-refractivity contribution < 1.29 is 13.2 Å². The van der Waals surface area contributed by atoms with Gasteiger partial charge in [-0.2, -0.15) is 0 Å². The Bertz CT molecular complexity index is 178. The van der Waals surface area contributed by atoms with Crippen LogP contribution < -0.4 is 0 Å². The molecule has 0 aliphatic heterocycles. The van der Waals surface area contributed by atoms with Crippen molar-refractivity contribution >= 4 is 16.1 Å². The first-order valence-corrected chi connectivity index (χ1v) is 4.29. The average Bonchev–Trinajstić information content (AvgIpc) is 1.65. The van der Waals surface area contributed by atoms with Gasteiger partial charge in [0.1, 0.15) is 5.75 Å². The van der Waals surface area contributed by atoms with Gasteiger partial charge in [0, 0.05) is 0 Å². The van der Waals surface area contributed by atoms with Gasteiger partial charge in [0.05, 0.1) is 5.25 Å². The Morgan fingerprint density at radius 3 is 2.00 bits per heavy atom. The van der Waals surface area contributed by atoms with Gasteiger partial charge in [0.2, 0.25) is 6.29 Å². The zero-order valence-electron chi connectivity index (χ0n) is 5.42. The number of hydrogen-bond acceptors (Lipinski definition) is 3. The quantitative estimate of drug-likeness (QED) is 0.564. The molecule has 0 aliphatic rings. The summed E-state index contributed by atoms with van der Waals surface area (Å²) in [5.41, 5.74) is 0. The fourth-order valence-corrected chi connectivity index (χ4v) is 0.746. The van der Waals surface area contributed by atoms with Crippen LogP contribution in [0.15, 0.2) is 0 Å². The minimum absolute atomic E-state index is 0.473. The van der Waals surface area contributed by atoms with Gasteiger partial charge in [-0.15, -0.1) is 0 Å². The van der Waals surface area contributed by atoms with Crippen LogP contribution in [0.3, 0.4) is 0 Å². The maximum absolute atomic E-state index is 10.7. The van der Waals surface area contributed by atoms with E-state index in [2.05, 4.69) is 0 Å². The zero-order chi connectivity index (χ0) is 7.49. The van der Waals surface area contributed by atoms with Crippen LogP contribution in [0.25, 0.3) is 0 Å². The SMILES string of the molecule is CC(C)S(=O)(=O)C[C]=O. The highest BCUT2D eigenvalue weighted by atomic mass is 32.2. The minimum Gasteiger partial charge on any atom is -0.290 e. The standard InChI is InChI=1S/C5H9O3S/c1-5(2)9(7,8)4-3-6/h5H,4H2,1-2H3. The number of rotatable bonds is 3. The smallest absolute Gasteiger partial charge is 0.214 e. The number of sulfone groups is 1. The summed E-state index contributed by atoms with van der Waals surface area (Å²) in [5, 5.41) is -0.473. The van der Waals surface area contributed by atoms with Crippen LogP contribution in [-0.2, 0) is 14.6 Å². The van der Waals surface area contributed by atoms with Gasteiger partial charge < -0.3 is 0 Å². The Morgan fingerprint density at radius 2 is 1.89 bits per heavy atom. The maximum Gasteiger partial charge on any atom is 0.214 e. The molecule has 0 unspecified atom stereocenters. The number of hydrogen-bond donors (Lipinski definition) is 0. The van der Waals surface area contributed by atoms with Crippen LogP contribution >= 0.6 is 0 Å². The van der Waals surface area contributed by atoms with Crippen LogP contribution in [0.2, 0.25) is 0 Å². The first-order valence-electron chi connectivity index (χ1n) is 2.57. The van der Waals surface area contributed by atoms with E-state index in [1.165, 1.54) is 20.1 Å². The van der Waals surface area contributed by atoms with E-state index in [1.807, 2.05) is 0 Å². The molecule has 0 bridgehead atoms. The van der Waals surface area contributed by atoms with E-state index in [0.29, 0.717) is 0 Å². The van der Waals surface area contributed by atoms with Crippen molar-refractivity contribution in [2.75, 3.05) is 5.75 Å². The first-order chi connectivity index (χ1) is 4.00. The molecule has 0 rings (SSSR count). The van der Waals surface area contributed by atoms with Crippen molar-refractivity contribution in [1.82, 2.24) is 0 Å². The average molecular weight is 149 g/mol. The zero-order valence-corrected chi connectivity index (χ0v) is 6.23. The van der Waals surface area contributed by atoms with Crippen LogP contribution in [0, 0.1) is 0 Å². The van der Waals surface area contributed by atoms with Crippen LogP contribution in [0.5, 0.6) is 0 Å². The van der Waals surface area contributed by atoms with E-state index in [-0.39, 0.29) is 0 Å². The molecule has 0 aromatic heterocycles. The fourth-order valence-electron chi connectivity index (χ4n) is 0.249. The molecule has 0 amide bonds. The summed E-state index contributed by atoms with van der Waals surface area (Å²) in [6, 6.07) is 0. The molecule has 0 saturated carbocycles. The van der Waals surface area contributed by atoms with Crippen molar-refractivity contribution in [3.8, 4) is 0 Å². The summed E-state index contributed by atoms with van der Waals surface area (Å²) in [6.07, 6.45) is 1.35. The molecule has 0 aliphatic carbocycles. The van der Waals surface area contributed by atoms with Crippen molar-refractivity contribution in [3.63, 3.8) is 0 Å². The largest absolute Gasteiger partial charge is 0.290 e. The molecule has 0 fully saturated rings. The molecular formula is C5H9O3S. The van der Waals surface area contributed by atoms with Gasteiger partial charge in [0.15, 0.2) is 9.84 Å². The highest BCUT2D eigenvalue weighted by Gasteiger charge is 2.14. The third kappa shape index (κ3) is 2.60. The van der Waals surface area contributed by atoms with Gasteiger partial charge in [-0.05, 0) is 13.8 Å². The summed E-state index contributed by atoms with van der Waals surface area (Å²) in [4.78, 5) is 9.62. The summed E-state index contributed by atoms with van der Waals surface area (Å²) in [6.45, 7) is 3.07. The van der Waals surface area contributed by atoms with E-state index in [1.54, 1.807) is 0 Å². The van der Waals surface area contributed by atoms with Crippen molar-refractivity contribution in [1.29, 1.82) is 0 Å². The molecule has 0 aromatic carbocycles. The summed E-state index contributed by atoms with van der Waals surface area (Å²) >= 11 is 0. The Kier molecular flexibility index (Phi) is 2.84. The van der Waals surface area contributed by atoms with Crippen LogP contribution in [0.1, 0.15) is 13.8 Å². The lowest BCUT2D eigenvalue weighted by atomic mass is 10.6. The Hall–Kier alpha value is -0.380. The van der Waals surface area contributed by atoms with E-state index in [0.717, 1.165) is 0 Å². The second-order valence-corrected chi connectivity index (χ2v) is 4.56. The number of carbonyl (C=O) groups excluding carboxylic acids is 1. The van der Waals surface area contributed by atoms with Crippen molar-refractivity contribution in [2.24, 2.45) is 0 Å². The molecule has 0 atom stereocenters. The maximum atomic E-state index is 10.7. The molecule has 0 spiro atoms. The second-order valence-electron chi connectivity index (χ2n) is 2.00. The molecule has 53 valence electrons. The lowest BCUT2D eigenvalue weighted by molar-refractivity contribution is 0.556. The Balaban J connectivity index is 4.22. The van der Waals surface area contributed by atoms with Crippen molar-refractivity contribution in [3.05, 3.63) is 0 Å². The highest BCUT2D eigenvalue weighted by molar-refractivity contribution is 7.92. The van der Waals surface area contributed by atoms with Gasteiger partial charge in [-0.25, -0.2) is 8.42 Å². The fraction of sp³-hybridized carbons (Fsp3) is 0.800. The minimum atomic E-state index is -3.17. The first kappa shape index (κ1) is 8.62. The summed E-state index contributed by atoms with van der Waals surface area (Å²) in [7, 11) is -3.17. The molecule has 0 aromatic rings. The van der Waals surface area contributed by atoms with Crippen LogP contribution in [0.4, 0.5) is 0 Å². The molecular weight excluding hydrogens is 140 g/mol. The van der Waals surface area contributed by atoms with Gasteiger partial charge in [-0.3, -0.25) is 4.79 Å². The Morgan fingerprint density at radius 1 is 1.44 bits per heavy atom. The third-order valence-electron chi connectivity index (χ3n) is 0.978. The summed E-state index contributed by atoms with van der Waals surface area (Å²) < 4.78 is 21.3. The van der Waals surface area contributed by atoms with E-state index < -0.39 is 20.8 Å². The van der Waals surface area contributed by atoms with E-state index >= 15 is 0 Å². The van der Waals surface area contributed by atoms with Gasteiger partial charge >= 0.3 is 0 Å². The highest BCUT2D eigenvalue weighted by Crippen LogP contribution is 1.97. The third-order valence-corrected chi connectivity index (χ3v) is 2.94. The molecule has 3 nitrogen and oxygen atoms in total. The summed E-state index contributed by atoms with van der Waals surface area (Å²) in [5.74, 6) is -0.481. The molecule has 1 radical (unpaired) electrons. The van der Waals surface area contributed by atoms with Crippen LogP contribution in [-0.4, -0.2) is 25.7 Å². The lowest BCUT2D eigenvalue weighted by Gasteiger charge is -2.00. The second kappa shape index (κ2) is 2.96. The molecule has 0 saturated heterocycles. The molecule has 9 heavy (non-hydrogen) atoms. The normalized spacial score (nSPS) is 11.9. The molecule has 0 N–H and O–H groups in total. The van der Waals surface area contributed by atoms with E-state index in [4.69, 9.17) is 0 Å². The molecule has 0 heterocycles. The van der Waals surface area contributed by atoms with Crippen molar-refractivity contribution in [2.45, 2.75) is 19.1 Å². The van der Waals surface area contributed by atoms with E-state index in [9.17, 15) is 13.2 Å². The predicted octanol–water partition coefficient (Wildman–Crippen LogP) is -0.0807. The van der Waals surface area contributed by atoms with Gasteiger partial charge in [0.25, 0.3) is 0 Å². The predicted molar refractivity (Wildman–Crippen MR) is 34.6 cm³/mol. The Labute approximate surface area is 55.0 Å². The molecule has 4 heteroatoms.